The fraction of sp³-hybridized carbons (Fsp3) is 0.250. The lowest BCUT2D eigenvalue weighted by Crippen LogP contribution is -2.24. The van der Waals surface area contributed by atoms with Crippen molar-refractivity contribution in [3.63, 3.8) is 0 Å². The zero-order valence-corrected chi connectivity index (χ0v) is 9.07. The third-order valence-corrected chi connectivity index (χ3v) is 3.20. The first kappa shape index (κ1) is 9.42. The normalized spacial score (nSPS) is 25.5. The highest BCUT2D eigenvalue weighted by Gasteiger charge is 2.31. The molecule has 0 fully saturated rings. The molecule has 2 heterocycles. The number of nitrogens with one attached hydrogen (secondary N) is 2. The summed E-state index contributed by atoms with van der Waals surface area (Å²) >= 11 is 0. The zero-order valence-electron chi connectivity index (χ0n) is 9.07. The van der Waals surface area contributed by atoms with Gasteiger partial charge in [-0.25, -0.2) is 10.8 Å². The molecule has 0 amide bonds. The van der Waals surface area contributed by atoms with Crippen LogP contribution in [0.5, 0.6) is 0 Å². The van der Waals surface area contributed by atoms with E-state index in [4.69, 9.17) is 5.84 Å². The van der Waals surface area contributed by atoms with Gasteiger partial charge >= 0.3 is 0 Å². The maximum absolute atomic E-state index is 5.35. The van der Waals surface area contributed by atoms with Crippen LogP contribution in [0.4, 0.5) is 11.6 Å². The lowest BCUT2D eigenvalue weighted by molar-refractivity contribution is 0.683. The van der Waals surface area contributed by atoms with Crippen molar-refractivity contribution < 1.29 is 0 Å². The number of hydrazine groups is 1. The van der Waals surface area contributed by atoms with Crippen LogP contribution in [0.3, 0.4) is 0 Å². The Kier molecular flexibility index (Phi) is 1.97. The van der Waals surface area contributed by atoms with Gasteiger partial charge in [0, 0.05) is 5.56 Å². The van der Waals surface area contributed by atoms with E-state index in [1.54, 1.807) is 0 Å². The first-order valence-corrected chi connectivity index (χ1v) is 5.42. The molecule has 0 saturated heterocycles. The molecule has 3 rings (SSSR count). The van der Waals surface area contributed by atoms with Crippen LogP contribution in [-0.2, 0) is 0 Å². The third-order valence-electron chi connectivity index (χ3n) is 3.20. The molecule has 0 spiro atoms. The monoisotopic (exact) mass is 214 g/mol. The molecule has 0 aromatic carbocycles. The fourth-order valence-corrected chi connectivity index (χ4v) is 2.33. The highest BCUT2D eigenvalue weighted by atomic mass is 15.3. The van der Waals surface area contributed by atoms with Crippen LogP contribution in [0.2, 0.25) is 0 Å². The molecule has 1 aromatic rings. The number of allylic oxidation sites excluding steroid dienone is 2. The van der Waals surface area contributed by atoms with Crippen molar-refractivity contribution in [2.24, 2.45) is 11.8 Å². The lowest BCUT2D eigenvalue weighted by atomic mass is 9.89. The summed E-state index contributed by atoms with van der Waals surface area (Å²) in [5, 5.41) is 3.43. The van der Waals surface area contributed by atoms with Gasteiger partial charge in [0.2, 0.25) is 0 Å². The number of anilines is 2. The van der Waals surface area contributed by atoms with Gasteiger partial charge in [-0.15, -0.1) is 0 Å². The average Bonchev–Trinajstić information content (AvgIpc) is 2.68. The Bertz CT molecular complexity index is 490. The minimum absolute atomic E-state index is 0.348. The largest absolute Gasteiger partial charge is 0.362 e. The molecular weight excluding hydrogens is 200 g/mol. The second-order valence-corrected chi connectivity index (χ2v) is 4.23. The van der Waals surface area contributed by atoms with Gasteiger partial charge in [-0.2, -0.15) is 0 Å². The van der Waals surface area contributed by atoms with Crippen LogP contribution >= 0.6 is 0 Å². The summed E-state index contributed by atoms with van der Waals surface area (Å²) in [6.07, 6.45) is 6.47. The predicted octanol–water partition coefficient (Wildman–Crippen LogP) is 1.75. The van der Waals surface area contributed by atoms with Crippen molar-refractivity contribution in [3.8, 4) is 0 Å². The standard InChI is InChI=1S/C12H14N4/c1-7-3-2-4-8-9-5-6-10(16-13)14-12(9)15-11(7)8/h2-7,11H,13H2,1H3,(H2,14,15,16). The van der Waals surface area contributed by atoms with Crippen LogP contribution < -0.4 is 16.6 Å². The Hall–Kier alpha value is -1.81. The van der Waals surface area contributed by atoms with Crippen molar-refractivity contribution in [3.05, 3.63) is 35.9 Å². The summed E-state index contributed by atoms with van der Waals surface area (Å²) in [5.74, 6) is 7.44. The number of nitrogens with zero attached hydrogens (tertiary/aromatic N) is 1. The molecule has 2 aliphatic rings. The van der Waals surface area contributed by atoms with Crippen molar-refractivity contribution in [2.45, 2.75) is 13.0 Å². The van der Waals surface area contributed by atoms with E-state index in [1.165, 1.54) is 11.1 Å². The van der Waals surface area contributed by atoms with Crippen molar-refractivity contribution >= 4 is 17.2 Å². The number of pyridine rings is 1. The Morgan fingerprint density at radius 3 is 3.12 bits per heavy atom. The first-order valence-electron chi connectivity index (χ1n) is 5.42. The molecule has 1 aliphatic carbocycles. The Morgan fingerprint density at radius 1 is 1.44 bits per heavy atom. The smallest absolute Gasteiger partial charge is 0.142 e. The topological polar surface area (TPSA) is 63.0 Å². The number of hydrogen-bond donors (Lipinski definition) is 3. The molecular formula is C12H14N4. The fourth-order valence-electron chi connectivity index (χ4n) is 2.33. The minimum atomic E-state index is 0.348. The van der Waals surface area contributed by atoms with Gasteiger partial charge in [0.25, 0.3) is 0 Å². The second-order valence-electron chi connectivity index (χ2n) is 4.23. The summed E-state index contributed by atoms with van der Waals surface area (Å²) in [5.41, 5.74) is 5.06. The number of rotatable bonds is 1. The van der Waals surface area contributed by atoms with Crippen LogP contribution in [-0.4, -0.2) is 11.0 Å². The van der Waals surface area contributed by atoms with Gasteiger partial charge in [-0.05, 0) is 23.6 Å². The van der Waals surface area contributed by atoms with Gasteiger partial charge in [-0.1, -0.05) is 25.2 Å². The van der Waals surface area contributed by atoms with Gasteiger partial charge < -0.3 is 10.7 Å². The Morgan fingerprint density at radius 2 is 2.31 bits per heavy atom. The second kappa shape index (κ2) is 3.35. The third kappa shape index (κ3) is 1.23. The summed E-state index contributed by atoms with van der Waals surface area (Å²) in [6.45, 7) is 2.20. The molecule has 2 atom stereocenters. The summed E-state index contributed by atoms with van der Waals surface area (Å²) in [4.78, 5) is 4.41. The molecule has 0 radical (unpaired) electrons. The molecule has 16 heavy (non-hydrogen) atoms. The van der Waals surface area contributed by atoms with E-state index < -0.39 is 0 Å². The number of nitrogen functional groups attached to an aromatic ring is 1. The van der Waals surface area contributed by atoms with E-state index in [0.717, 1.165) is 5.82 Å². The van der Waals surface area contributed by atoms with Gasteiger partial charge in [0.1, 0.15) is 11.6 Å². The first-order chi connectivity index (χ1) is 7.79. The molecule has 0 bridgehead atoms. The average molecular weight is 214 g/mol. The van der Waals surface area contributed by atoms with Crippen LogP contribution in [0.25, 0.3) is 5.57 Å². The van der Waals surface area contributed by atoms with Gasteiger partial charge in [-0.3, -0.25) is 0 Å². The highest BCUT2D eigenvalue weighted by Crippen LogP contribution is 2.39. The van der Waals surface area contributed by atoms with Crippen molar-refractivity contribution in [1.82, 2.24) is 4.98 Å². The van der Waals surface area contributed by atoms with Gasteiger partial charge in [0.05, 0.1) is 6.04 Å². The summed E-state index contributed by atoms with van der Waals surface area (Å²) in [7, 11) is 0. The molecule has 1 aliphatic heterocycles. The van der Waals surface area contributed by atoms with E-state index in [-0.39, 0.29) is 0 Å². The summed E-state index contributed by atoms with van der Waals surface area (Å²) < 4.78 is 0. The molecule has 2 unspecified atom stereocenters. The quantitative estimate of drug-likeness (QED) is 0.492. The highest BCUT2D eigenvalue weighted by molar-refractivity contribution is 5.87. The Balaban J connectivity index is 2.08. The predicted molar refractivity (Wildman–Crippen MR) is 65.7 cm³/mol. The molecule has 82 valence electrons. The lowest BCUT2D eigenvalue weighted by Gasteiger charge is -2.20. The zero-order chi connectivity index (χ0) is 11.1. The Labute approximate surface area is 94.2 Å². The van der Waals surface area contributed by atoms with E-state index in [2.05, 4.69) is 46.9 Å². The van der Waals surface area contributed by atoms with Crippen LogP contribution in [0.1, 0.15) is 12.5 Å². The summed E-state index contributed by atoms with van der Waals surface area (Å²) in [6, 6.07) is 4.30. The number of aromatic nitrogens is 1. The number of hydrogen-bond acceptors (Lipinski definition) is 4. The van der Waals surface area contributed by atoms with E-state index in [9.17, 15) is 0 Å². The molecule has 0 saturated carbocycles. The maximum Gasteiger partial charge on any atom is 0.142 e. The molecule has 4 heteroatoms. The number of nitrogens with two attached hydrogens (primary N) is 1. The SMILES string of the molecule is CC1C=CC=C2c3ccc(NN)nc3NC21. The van der Waals surface area contributed by atoms with Crippen molar-refractivity contribution in [2.75, 3.05) is 10.7 Å². The molecule has 1 aromatic heterocycles. The van der Waals surface area contributed by atoms with E-state index >= 15 is 0 Å². The van der Waals surface area contributed by atoms with Crippen LogP contribution in [0, 0.1) is 5.92 Å². The molecule has 4 N–H and O–H groups in total. The van der Waals surface area contributed by atoms with Gasteiger partial charge in [0.15, 0.2) is 0 Å². The minimum Gasteiger partial charge on any atom is -0.362 e. The van der Waals surface area contributed by atoms with Crippen molar-refractivity contribution in [1.29, 1.82) is 0 Å². The number of fused-ring (bicyclic) bond motifs is 3. The molecule has 4 nitrogen and oxygen atoms in total. The van der Waals surface area contributed by atoms with E-state index in [0.29, 0.717) is 17.8 Å². The van der Waals surface area contributed by atoms with E-state index in [1.807, 2.05) is 6.07 Å². The maximum atomic E-state index is 5.35. The van der Waals surface area contributed by atoms with Crippen LogP contribution in [0.15, 0.2) is 30.4 Å².